The third-order valence-corrected chi connectivity index (χ3v) is 2.91. The molecular formula is C15H22N2O2. The lowest BCUT2D eigenvalue weighted by Gasteiger charge is -2.10. The predicted molar refractivity (Wildman–Crippen MR) is 77.9 cm³/mol. The van der Waals surface area contributed by atoms with Gasteiger partial charge in [-0.15, -0.1) is 0 Å². The number of methoxy groups -OCH3 is 1. The fourth-order valence-corrected chi connectivity index (χ4v) is 1.84. The van der Waals surface area contributed by atoms with Crippen LogP contribution in [0.1, 0.15) is 25.1 Å². The van der Waals surface area contributed by atoms with Crippen molar-refractivity contribution in [1.29, 1.82) is 0 Å². The lowest BCUT2D eigenvalue weighted by molar-refractivity contribution is 0.414. The van der Waals surface area contributed by atoms with Crippen molar-refractivity contribution in [3.05, 3.63) is 51.9 Å². The van der Waals surface area contributed by atoms with Gasteiger partial charge in [-0.25, -0.2) is 0 Å². The summed E-state index contributed by atoms with van der Waals surface area (Å²) >= 11 is 0. The summed E-state index contributed by atoms with van der Waals surface area (Å²) in [7, 11) is 3.42. The SMILES string of the molecule is CC.COc1ccc(Cn2c(C)cc(=O)n2C)cc1. The van der Waals surface area contributed by atoms with Crippen molar-refractivity contribution in [2.75, 3.05) is 7.11 Å². The molecule has 1 aromatic heterocycles. The summed E-state index contributed by atoms with van der Waals surface area (Å²) in [6, 6.07) is 9.49. The molecule has 0 atom stereocenters. The Labute approximate surface area is 114 Å². The molecule has 0 aliphatic rings. The molecule has 1 aromatic carbocycles. The van der Waals surface area contributed by atoms with E-state index in [-0.39, 0.29) is 5.56 Å². The van der Waals surface area contributed by atoms with E-state index in [1.54, 1.807) is 24.9 Å². The van der Waals surface area contributed by atoms with Gasteiger partial charge in [-0.3, -0.25) is 14.2 Å². The van der Waals surface area contributed by atoms with E-state index < -0.39 is 0 Å². The molecule has 0 bridgehead atoms. The van der Waals surface area contributed by atoms with Gasteiger partial charge in [-0.05, 0) is 24.6 Å². The Balaban J connectivity index is 0.000000861. The molecule has 2 aromatic rings. The van der Waals surface area contributed by atoms with Crippen molar-refractivity contribution in [1.82, 2.24) is 9.36 Å². The first-order valence-corrected chi connectivity index (χ1v) is 6.48. The zero-order chi connectivity index (χ0) is 14.4. The van der Waals surface area contributed by atoms with Crippen LogP contribution in [0.25, 0.3) is 0 Å². The Morgan fingerprint density at radius 2 is 1.74 bits per heavy atom. The minimum Gasteiger partial charge on any atom is -0.497 e. The summed E-state index contributed by atoms with van der Waals surface area (Å²) in [6.45, 7) is 6.62. The van der Waals surface area contributed by atoms with Crippen LogP contribution in [0.4, 0.5) is 0 Å². The van der Waals surface area contributed by atoms with E-state index in [0.29, 0.717) is 6.54 Å². The highest BCUT2D eigenvalue weighted by atomic mass is 16.5. The van der Waals surface area contributed by atoms with Gasteiger partial charge < -0.3 is 4.74 Å². The lowest BCUT2D eigenvalue weighted by atomic mass is 10.2. The lowest BCUT2D eigenvalue weighted by Crippen LogP contribution is -2.19. The number of hydrogen-bond acceptors (Lipinski definition) is 2. The Morgan fingerprint density at radius 3 is 2.16 bits per heavy atom. The van der Waals surface area contributed by atoms with E-state index in [9.17, 15) is 4.79 Å². The van der Waals surface area contributed by atoms with Crippen LogP contribution >= 0.6 is 0 Å². The van der Waals surface area contributed by atoms with Crippen molar-refractivity contribution in [3.63, 3.8) is 0 Å². The van der Waals surface area contributed by atoms with Crippen LogP contribution < -0.4 is 10.3 Å². The second-order valence-corrected chi connectivity index (χ2v) is 4.05. The van der Waals surface area contributed by atoms with Crippen LogP contribution in [0.15, 0.2) is 35.1 Å². The maximum Gasteiger partial charge on any atom is 0.266 e. The Hall–Kier alpha value is -1.97. The number of hydrogen-bond donors (Lipinski definition) is 0. The second kappa shape index (κ2) is 6.83. The highest BCUT2D eigenvalue weighted by molar-refractivity contribution is 5.27. The minimum absolute atomic E-state index is 0.0241. The van der Waals surface area contributed by atoms with Crippen molar-refractivity contribution in [3.8, 4) is 5.75 Å². The molecule has 0 saturated carbocycles. The first-order chi connectivity index (χ1) is 9.11. The summed E-state index contributed by atoms with van der Waals surface area (Å²) in [5.74, 6) is 0.840. The smallest absolute Gasteiger partial charge is 0.266 e. The maximum atomic E-state index is 11.5. The van der Waals surface area contributed by atoms with Crippen LogP contribution in [0, 0.1) is 6.92 Å². The Bertz CT molecular complexity index is 565. The number of aromatic nitrogens is 2. The highest BCUT2D eigenvalue weighted by Crippen LogP contribution is 2.12. The molecule has 0 unspecified atom stereocenters. The number of aryl methyl sites for hydroxylation is 1. The Kier molecular flexibility index (Phi) is 5.42. The average molecular weight is 262 g/mol. The molecule has 0 fully saturated rings. The van der Waals surface area contributed by atoms with Gasteiger partial charge in [0, 0.05) is 18.8 Å². The van der Waals surface area contributed by atoms with Gasteiger partial charge in [0.05, 0.1) is 13.7 Å². The standard InChI is InChI=1S/C13H16N2O2.C2H6/c1-10-8-13(16)14(2)15(10)9-11-4-6-12(17-3)7-5-11;1-2/h4-8H,9H2,1-3H3;1-2H3. The van der Waals surface area contributed by atoms with E-state index in [1.807, 2.05) is 49.7 Å². The first-order valence-electron chi connectivity index (χ1n) is 6.48. The summed E-state index contributed by atoms with van der Waals surface area (Å²) in [6.07, 6.45) is 0. The van der Waals surface area contributed by atoms with E-state index in [1.165, 1.54) is 0 Å². The summed E-state index contributed by atoms with van der Waals surface area (Å²) in [5, 5.41) is 0. The van der Waals surface area contributed by atoms with Crippen molar-refractivity contribution < 1.29 is 4.74 Å². The topological polar surface area (TPSA) is 36.2 Å². The van der Waals surface area contributed by atoms with Gasteiger partial charge in [0.15, 0.2) is 0 Å². The molecule has 0 saturated heterocycles. The van der Waals surface area contributed by atoms with Gasteiger partial charge in [0.1, 0.15) is 5.75 Å². The van der Waals surface area contributed by atoms with Crippen molar-refractivity contribution >= 4 is 0 Å². The molecule has 4 heteroatoms. The highest BCUT2D eigenvalue weighted by Gasteiger charge is 2.04. The maximum absolute atomic E-state index is 11.5. The fourth-order valence-electron chi connectivity index (χ4n) is 1.84. The largest absolute Gasteiger partial charge is 0.497 e. The predicted octanol–water partition coefficient (Wildman–Crippen LogP) is 2.58. The first kappa shape index (κ1) is 15.1. The van der Waals surface area contributed by atoms with Crippen LogP contribution in [0.5, 0.6) is 5.75 Å². The summed E-state index contributed by atoms with van der Waals surface area (Å²) in [5.41, 5.74) is 2.13. The second-order valence-electron chi connectivity index (χ2n) is 4.05. The Morgan fingerprint density at radius 1 is 1.16 bits per heavy atom. The van der Waals surface area contributed by atoms with E-state index in [4.69, 9.17) is 4.74 Å². The van der Waals surface area contributed by atoms with Crippen molar-refractivity contribution in [2.45, 2.75) is 27.3 Å². The molecule has 104 valence electrons. The van der Waals surface area contributed by atoms with E-state index in [0.717, 1.165) is 17.0 Å². The summed E-state index contributed by atoms with van der Waals surface area (Å²) in [4.78, 5) is 11.5. The number of benzene rings is 1. The molecule has 0 spiro atoms. The third-order valence-electron chi connectivity index (χ3n) is 2.91. The molecular weight excluding hydrogens is 240 g/mol. The third kappa shape index (κ3) is 3.50. The van der Waals surface area contributed by atoms with Gasteiger partial charge in [0.2, 0.25) is 0 Å². The zero-order valence-electron chi connectivity index (χ0n) is 12.3. The van der Waals surface area contributed by atoms with Crippen molar-refractivity contribution in [2.24, 2.45) is 7.05 Å². The molecule has 4 nitrogen and oxygen atoms in total. The van der Waals surface area contributed by atoms with Gasteiger partial charge in [0.25, 0.3) is 5.56 Å². The van der Waals surface area contributed by atoms with Gasteiger partial charge >= 0.3 is 0 Å². The summed E-state index contributed by atoms with van der Waals surface area (Å²) < 4.78 is 8.68. The fraction of sp³-hybridized carbons (Fsp3) is 0.400. The van der Waals surface area contributed by atoms with Crippen LogP contribution in [0.3, 0.4) is 0 Å². The van der Waals surface area contributed by atoms with Gasteiger partial charge in [-0.2, -0.15) is 0 Å². The zero-order valence-corrected chi connectivity index (χ0v) is 12.3. The number of rotatable bonds is 3. The molecule has 0 aliphatic heterocycles. The van der Waals surface area contributed by atoms with Crippen LogP contribution in [0.2, 0.25) is 0 Å². The molecule has 0 aliphatic carbocycles. The normalized spacial score (nSPS) is 9.74. The molecule has 0 N–H and O–H groups in total. The average Bonchev–Trinajstić information content (AvgIpc) is 2.68. The molecule has 1 heterocycles. The van der Waals surface area contributed by atoms with Gasteiger partial charge in [-0.1, -0.05) is 26.0 Å². The van der Waals surface area contributed by atoms with E-state index >= 15 is 0 Å². The monoisotopic (exact) mass is 262 g/mol. The quantitative estimate of drug-likeness (QED) is 0.852. The minimum atomic E-state index is 0.0241. The number of nitrogens with zero attached hydrogens (tertiary/aromatic N) is 2. The van der Waals surface area contributed by atoms with E-state index in [2.05, 4.69) is 0 Å². The molecule has 2 rings (SSSR count). The van der Waals surface area contributed by atoms with Crippen LogP contribution in [-0.4, -0.2) is 16.5 Å². The molecule has 0 amide bonds. The number of ether oxygens (including phenoxy) is 1. The molecule has 19 heavy (non-hydrogen) atoms. The molecule has 0 radical (unpaired) electrons. The van der Waals surface area contributed by atoms with Crippen LogP contribution in [-0.2, 0) is 13.6 Å².